The van der Waals surface area contributed by atoms with Gasteiger partial charge in [-0.1, -0.05) is 0 Å². The van der Waals surface area contributed by atoms with Crippen LogP contribution in [0.4, 0.5) is 0 Å². The molecule has 1 heterocycles. The van der Waals surface area contributed by atoms with Crippen molar-refractivity contribution >= 4 is 0 Å². The summed E-state index contributed by atoms with van der Waals surface area (Å²) in [5, 5.41) is 29.5. The Morgan fingerprint density at radius 3 is 2.29 bits per heavy atom. The Morgan fingerprint density at radius 2 is 1.67 bits per heavy atom. The Balaban J connectivity index is 2.01. The molecule has 9 atom stereocenters. The first-order chi connectivity index (χ1) is 9.85. The fourth-order valence-corrected chi connectivity index (χ4v) is 2.81. The van der Waals surface area contributed by atoms with Crippen molar-refractivity contribution in [1.29, 1.82) is 0 Å². The number of aliphatic hydroxyl groups is 3. The summed E-state index contributed by atoms with van der Waals surface area (Å²) in [6.45, 7) is 0.0228. The summed E-state index contributed by atoms with van der Waals surface area (Å²) in [6.07, 6.45) is -4.60. The molecule has 0 bridgehead atoms. The molecule has 9 nitrogen and oxygen atoms in total. The summed E-state index contributed by atoms with van der Waals surface area (Å²) in [7, 11) is 0. The zero-order valence-electron chi connectivity index (χ0n) is 11.8. The minimum atomic E-state index is -1.20. The maximum atomic E-state index is 9.92. The van der Waals surface area contributed by atoms with Gasteiger partial charge in [-0.15, -0.1) is 0 Å². The van der Waals surface area contributed by atoms with Crippen LogP contribution in [0, 0.1) is 0 Å². The lowest BCUT2D eigenvalue weighted by Crippen LogP contribution is -2.65. The van der Waals surface area contributed by atoms with E-state index >= 15 is 0 Å². The highest BCUT2D eigenvalue weighted by molar-refractivity contribution is 4.95. The maximum Gasteiger partial charge on any atom is 0.176 e. The highest BCUT2D eigenvalue weighted by Crippen LogP contribution is 2.26. The van der Waals surface area contributed by atoms with Crippen molar-refractivity contribution < 1.29 is 24.8 Å². The van der Waals surface area contributed by atoms with Gasteiger partial charge in [0.25, 0.3) is 0 Å². The van der Waals surface area contributed by atoms with Crippen LogP contribution in [-0.4, -0.2) is 76.8 Å². The number of ether oxygens (including phenoxy) is 2. The van der Waals surface area contributed by atoms with Crippen molar-refractivity contribution in [2.75, 3.05) is 6.54 Å². The number of rotatable bonds is 3. The molecule has 0 aromatic rings. The third-order valence-corrected chi connectivity index (χ3v) is 4.28. The Kier molecular flexibility index (Phi) is 5.52. The molecule has 2 fully saturated rings. The van der Waals surface area contributed by atoms with Gasteiger partial charge in [-0.3, -0.25) is 0 Å². The third-order valence-electron chi connectivity index (χ3n) is 4.28. The third kappa shape index (κ3) is 3.52. The molecule has 0 aromatic carbocycles. The van der Waals surface area contributed by atoms with Crippen molar-refractivity contribution in [2.45, 2.75) is 67.8 Å². The van der Waals surface area contributed by atoms with Gasteiger partial charge in [0.15, 0.2) is 6.29 Å². The molecule has 1 aliphatic heterocycles. The van der Waals surface area contributed by atoms with Crippen LogP contribution in [-0.2, 0) is 9.47 Å². The Bertz CT molecular complexity index is 348. The van der Waals surface area contributed by atoms with Gasteiger partial charge in [-0.25, -0.2) is 0 Å². The zero-order chi connectivity index (χ0) is 15.7. The highest BCUT2D eigenvalue weighted by Gasteiger charge is 2.45. The molecule has 1 saturated heterocycles. The van der Waals surface area contributed by atoms with Gasteiger partial charge in [-0.05, 0) is 6.42 Å². The molecule has 1 aliphatic carbocycles. The fourth-order valence-electron chi connectivity index (χ4n) is 2.81. The van der Waals surface area contributed by atoms with Crippen LogP contribution in [0.3, 0.4) is 0 Å². The predicted molar refractivity (Wildman–Crippen MR) is 73.8 cm³/mol. The van der Waals surface area contributed by atoms with Crippen LogP contribution < -0.4 is 22.9 Å². The van der Waals surface area contributed by atoms with Crippen molar-refractivity contribution in [3.63, 3.8) is 0 Å². The van der Waals surface area contributed by atoms with Crippen molar-refractivity contribution in [3.05, 3.63) is 0 Å². The standard InChI is InChI=1S/C12H26N4O5/c13-3-8-10(18)11(19)9(16)12(21-8)20-7-2-6(17)4(14)1-5(7)15/h4-12,17-19H,1-3,13-16H2/t4?,5?,6-,7?,8?,9?,10?,11-,12-/m1/s1. The summed E-state index contributed by atoms with van der Waals surface area (Å²) in [6, 6.07) is -1.67. The Hall–Kier alpha value is -0.360. The molecule has 0 spiro atoms. The molecule has 0 radical (unpaired) electrons. The molecule has 21 heavy (non-hydrogen) atoms. The molecule has 0 amide bonds. The summed E-state index contributed by atoms with van der Waals surface area (Å²) in [4.78, 5) is 0. The molecule has 1 saturated carbocycles. The van der Waals surface area contributed by atoms with Crippen LogP contribution in [0.5, 0.6) is 0 Å². The van der Waals surface area contributed by atoms with Crippen LogP contribution in [0.2, 0.25) is 0 Å². The molecule has 124 valence electrons. The average Bonchev–Trinajstić information content (AvgIpc) is 2.45. The quantitative estimate of drug-likeness (QED) is 0.272. The van der Waals surface area contributed by atoms with Crippen LogP contribution in [0.25, 0.3) is 0 Å². The minimum absolute atomic E-state index is 0.0228. The Labute approximate surface area is 123 Å². The number of hydrogen-bond acceptors (Lipinski definition) is 9. The van der Waals surface area contributed by atoms with Gasteiger partial charge in [0.2, 0.25) is 0 Å². The lowest BCUT2D eigenvalue weighted by molar-refractivity contribution is -0.276. The van der Waals surface area contributed by atoms with E-state index in [0.29, 0.717) is 6.42 Å². The maximum absolute atomic E-state index is 9.92. The SMILES string of the molecule is NCC1O[C@@H](OC2C[C@@H](O)C(N)CC2N)C(N)[C@@H](O)C1O. The summed E-state index contributed by atoms with van der Waals surface area (Å²) in [5.74, 6) is 0. The molecule has 11 N–H and O–H groups in total. The van der Waals surface area contributed by atoms with E-state index < -0.39 is 42.9 Å². The highest BCUT2D eigenvalue weighted by atomic mass is 16.7. The molecule has 2 aliphatic rings. The molecule has 0 aromatic heterocycles. The van der Waals surface area contributed by atoms with Crippen LogP contribution in [0.1, 0.15) is 12.8 Å². The van der Waals surface area contributed by atoms with E-state index in [1.165, 1.54) is 0 Å². The van der Waals surface area contributed by atoms with Crippen molar-refractivity contribution in [1.82, 2.24) is 0 Å². The van der Waals surface area contributed by atoms with Gasteiger partial charge in [0, 0.05) is 25.0 Å². The smallest absolute Gasteiger partial charge is 0.176 e. The largest absolute Gasteiger partial charge is 0.391 e. The second-order valence-corrected chi connectivity index (χ2v) is 5.88. The van der Waals surface area contributed by atoms with Gasteiger partial charge >= 0.3 is 0 Å². The van der Waals surface area contributed by atoms with Crippen molar-refractivity contribution in [2.24, 2.45) is 22.9 Å². The normalized spacial score (nSPS) is 51.9. The van der Waals surface area contributed by atoms with Crippen molar-refractivity contribution in [3.8, 4) is 0 Å². The minimum Gasteiger partial charge on any atom is -0.391 e. The first kappa shape index (κ1) is 17.0. The number of nitrogens with two attached hydrogens (primary N) is 4. The van der Waals surface area contributed by atoms with E-state index in [9.17, 15) is 15.3 Å². The van der Waals surface area contributed by atoms with E-state index in [2.05, 4.69) is 0 Å². The van der Waals surface area contributed by atoms with E-state index in [0.717, 1.165) is 0 Å². The molecular formula is C12H26N4O5. The van der Waals surface area contributed by atoms with Gasteiger partial charge < -0.3 is 47.7 Å². The van der Waals surface area contributed by atoms with E-state index in [4.69, 9.17) is 32.4 Å². The van der Waals surface area contributed by atoms with Gasteiger partial charge in [-0.2, -0.15) is 0 Å². The second kappa shape index (κ2) is 6.82. The van der Waals surface area contributed by atoms with Gasteiger partial charge in [0.05, 0.1) is 18.2 Å². The topological polar surface area (TPSA) is 183 Å². The fraction of sp³-hybridized carbons (Fsp3) is 1.00. The molecule has 9 heteroatoms. The Morgan fingerprint density at radius 1 is 1.00 bits per heavy atom. The first-order valence-corrected chi connectivity index (χ1v) is 7.17. The summed E-state index contributed by atoms with van der Waals surface area (Å²) < 4.78 is 11.2. The number of hydrogen-bond donors (Lipinski definition) is 7. The predicted octanol–water partition coefficient (Wildman–Crippen LogP) is -4.09. The number of aliphatic hydroxyl groups excluding tert-OH is 3. The lowest BCUT2D eigenvalue weighted by atomic mass is 9.87. The van der Waals surface area contributed by atoms with Crippen LogP contribution in [0.15, 0.2) is 0 Å². The van der Waals surface area contributed by atoms with E-state index in [-0.39, 0.29) is 25.0 Å². The lowest BCUT2D eigenvalue weighted by Gasteiger charge is -2.44. The second-order valence-electron chi connectivity index (χ2n) is 5.88. The summed E-state index contributed by atoms with van der Waals surface area (Å²) >= 11 is 0. The van der Waals surface area contributed by atoms with Crippen LogP contribution >= 0.6 is 0 Å². The monoisotopic (exact) mass is 306 g/mol. The molecule has 6 unspecified atom stereocenters. The van der Waals surface area contributed by atoms with E-state index in [1.54, 1.807) is 0 Å². The van der Waals surface area contributed by atoms with E-state index in [1.807, 2.05) is 0 Å². The molecule has 2 rings (SSSR count). The zero-order valence-corrected chi connectivity index (χ0v) is 11.8. The summed E-state index contributed by atoms with van der Waals surface area (Å²) in [5.41, 5.74) is 23.0. The first-order valence-electron chi connectivity index (χ1n) is 7.17. The van der Waals surface area contributed by atoms with Gasteiger partial charge in [0.1, 0.15) is 18.3 Å². The molecular weight excluding hydrogens is 280 g/mol. The average molecular weight is 306 g/mol.